The van der Waals surface area contributed by atoms with E-state index in [1.165, 1.54) is 6.92 Å². The molecule has 11 heavy (non-hydrogen) atoms. The van der Waals surface area contributed by atoms with Gasteiger partial charge < -0.3 is 5.11 Å². The zero-order valence-corrected chi connectivity index (χ0v) is 8.25. The quantitative estimate of drug-likeness (QED) is 0.738. The number of alkyl halides is 3. The molecule has 2 nitrogen and oxygen atoms in total. The lowest BCUT2D eigenvalue weighted by molar-refractivity contribution is -0.137. The van der Waals surface area contributed by atoms with Crippen LogP contribution in [0.2, 0.25) is 0 Å². The predicted octanol–water partition coefficient (Wildman–Crippen LogP) is 2.65. The smallest absolute Gasteiger partial charge is 0.303 e. The van der Waals surface area contributed by atoms with Crippen molar-refractivity contribution < 1.29 is 9.90 Å². The van der Waals surface area contributed by atoms with Crippen LogP contribution in [0.25, 0.3) is 0 Å². The third kappa shape index (κ3) is 5.59. The topological polar surface area (TPSA) is 37.3 Å². The number of aliphatic carboxylic acids is 1. The van der Waals surface area contributed by atoms with Gasteiger partial charge in [-0.3, -0.25) is 4.79 Å². The molecule has 1 unspecified atom stereocenters. The van der Waals surface area contributed by atoms with Gasteiger partial charge in [-0.05, 0) is 13.3 Å². The highest BCUT2D eigenvalue weighted by Gasteiger charge is 2.27. The monoisotopic (exact) mass is 218 g/mol. The Labute approximate surface area is 80.4 Å². The second-order valence-electron chi connectivity index (χ2n) is 2.36. The molecule has 0 fully saturated rings. The van der Waals surface area contributed by atoms with Crippen LogP contribution in [0, 0.1) is 0 Å². The molecular weight excluding hydrogens is 210 g/mol. The summed E-state index contributed by atoms with van der Waals surface area (Å²) in [4.78, 5) is 10.1. The summed E-state index contributed by atoms with van der Waals surface area (Å²) in [5, 5.41) is 7.76. The fraction of sp³-hybridized carbons (Fsp3) is 0.833. The molecule has 0 aromatic carbocycles. The molecular formula is C6H9Cl3O2. The van der Waals surface area contributed by atoms with Crippen LogP contribution in [0.15, 0.2) is 0 Å². The van der Waals surface area contributed by atoms with Gasteiger partial charge in [-0.1, -0.05) is 0 Å². The average molecular weight is 219 g/mol. The summed E-state index contributed by atoms with van der Waals surface area (Å²) in [5.74, 6) is -0.895. The Balaban J connectivity index is 3.70. The molecule has 5 heteroatoms. The van der Waals surface area contributed by atoms with Crippen molar-refractivity contribution in [2.24, 2.45) is 0 Å². The van der Waals surface area contributed by atoms with Crippen molar-refractivity contribution in [1.82, 2.24) is 0 Å². The van der Waals surface area contributed by atoms with Crippen molar-refractivity contribution in [2.75, 3.05) is 0 Å². The second kappa shape index (κ2) is 4.39. The number of rotatable bonds is 4. The fourth-order valence-corrected chi connectivity index (χ4v) is 0.831. The van der Waals surface area contributed by atoms with Gasteiger partial charge in [0.25, 0.3) is 0 Å². The number of halogens is 3. The third-order valence-electron chi connectivity index (χ3n) is 1.16. The van der Waals surface area contributed by atoms with Crippen molar-refractivity contribution in [3.63, 3.8) is 0 Å². The van der Waals surface area contributed by atoms with Crippen LogP contribution in [0.5, 0.6) is 0 Å². The first kappa shape index (κ1) is 11.3. The summed E-state index contributed by atoms with van der Waals surface area (Å²) >= 11 is 16.9. The van der Waals surface area contributed by atoms with E-state index in [9.17, 15) is 4.79 Å². The Morgan fingerprint density at radius 2 is 2.09 bits per heavy atom. The van der Waals surface area contributed by atoms with Crippen LogP contribution in [-0.4, -0.2) is 20.8 Å². The molecule has 0 aliphatic carbocycles. The molecule has 0 aliphatic rings. The molecule has 0 aromatic heterocycles. The number of carboxylic acids is 1. The van der Waals surface area contributed by atoms with Gasteiger partial charge >= 0.3 is 5.97 Å². The zero-order valence-electron chi connectivity index (χ0n) is 5.98. The van der Waals surface area contributed by atoms with E-state index in [4.69, 9.17) is 39.9 Å². The first-order valence-corrected chi connectivity index (χ1v) is 4.27. The van der Waals surface area contributed by atoms with Crippen LogP contribution in [0.1, 0.15) is 19.8 Å². The molecule has 0 radical (unpaired) electrons. The highest BCUT2D eigenvalue weighted by atomic mass is 35.5. The maximum absolute atomic E-state index is 10.1. The average Bonchev–Trinajstić information content (AvgIpc) is 1.80. The summed E-state index contributed by atoms with van der Waals surface area (Å²) in [6.45, 7) is 1.54. The van der Waals surface area contributed by atoms with Crippen molar-refractivity contribution in [3.8, 4) is 0 Å². The summed E-state index contributed by atoms with van der Waals surface area (Å²) in [5.41, 5.74) is 0. The molecule has 0 amide bonds. The fourth-order valence-electron chi connectivity index (χ4n) is 0.504. The molecule has 1 atom stereocenters. The molecule has 0 aliphatic heterocycles. The van der Waals surface area contributed by atoms with Gasteiger partial charge in [0.1, 0.15) is 4.33 Å². The van der Waals surface area contributed by atoms with E-state index in [0.717, 1.165) is 0 Å². The zero-order chi connectivity index (χ0) is 9.07. The lowest BCUT2D eigenvalue weighted by atomic mass is 10.2. The maximum Gasteiger partial charge on any atom is 0.303 e. The standard InChI is InChI=1S/C6H9Cl3O2/c1-6(8,9)4(7)2-3-5(10)11/h4H,2-3H2,1H3,(H,10,11). The first-order chi connectivity index (χ1) is 4.84. The van der Waals surface area contributed by atoms with Crippen molar-refractivity contribution in [1.29, 1.82) is 0 Å². The largest absolute Gasteiger partial charge is 0.481 e. The number of carboxylic acid groups (broad SMARTS) is 1. The Bertz CT molecular complexity index is 141. The first-order valence-electron chi connectivity index (χ1n) is 3.07. The molecule has 0 heterocycles. The van der Waals surface area contributed by atoms with Crippen LogP contribution in [0.4, 0.5) is 0 Å². The molecule has 0 rings (SSSR count). The van der Waals surface area contributed by atoms with Crippen LogP contribution in [-0.2, 0) is 4.79 Å². The predicted molar refractivity (Wildman–Crippen MR) is 46.6 cm³/mol. The molecule has 0 aromatic rings. The minimum Gasteiger partial charge on any atom is -0.481 e. The summed E-state index contributed by atoms with van der Waals surface area (Å²) < 4.78 is -1.06. The maximum atomic E-state index is 10.1. The SMILES string of the molecule is CC(Cl)(Cl)C(Cl)CCC(=O)O. The summed E-state index contributed by atoms with van der Waals surface area (Å²) in [6.07, 6.45) is 0.267. The molecule has 0 saturated heterocycles. The Hall–Kier alpha value is 0.340. The van der Waals surface area contributed by atoms with E-state index in [1.54, 1.807) is 0 Å². The van der Waals surface area contributed by atoms with E-state index >= 15 is 0 Å². The van der Waals surface area contributed by atoms with Crippen molar-refractivity contribution in [3.05, 3.63) is 0 Å². The van der Waals surface area contributed by atoms with E-state index in [2.05, 4.69) is 0 Å². The Morgan fingerprint density at radius 1 is 1.64 bits per heavy atom. The normalized spacial score (nSPS) is 14.5. The number of hydrogen-bond acceptors (Lipinski definition) is 1. The number of hydrogen-bond donors (Lipinski definition) is 1. The number of carbonyl (C=O) groups is 1. The van der Waals surface area contributed by atoms with Crippen LogP contribution < -0.4 is 0 Å². The highest BCUT2D eigenvalue weighted by molar-refractivity contribution is 6.52. The molecule has 66 valence electrons. The van der Waals surface area contributed by atoms with Gasteiger partial charge in [0.2, 0.25) is 0 Å². The van der Waals surface area contributed by atoms with E-state index in [1.807, 2.05) is 0 Å². The van der Waals surface area contributed by atoms with Crippen LogP contribution in [0.3, 0.4) is 0 Å². The van der Waals surface area contributed by atoms with Gasteiger partial charge in [-0.15, -0.1) is 34.8 Å². The van der Waals surface area contributed by atoms with E-state index < -0.39 is 15.7 Å². The van der Waals surface area contributed by atoms with Gasteiger partial charge in [0.05, 0.1) is 5.38 Å². The third-order valence-corrected chi connectivity index (χ3v) is 2.57. The molecule has 0 bridgehead atoms. The van der Waals surface area contributed by atoms with Crippen molar-refractivity contribution >= 4 is 40.8 Å². The van der Waals surface area contributed by atoms with Gasteiger partial charge in [0, 0.05) is 6.42 Å². The molecule has 0 spiro atoms. The molecule has 1 N–H and O–H groups in total. The van der Waals surface area contributed by atoms with E-state index in [0.29, 0.717) is 0 Å². The highest BCUT2D eigenvalue weighted by Crippen LogP contribution is 2.31. The summed E-state index contributed by atoms with van der Waals surface area (Å²) in [6, 6.07) is 0. The van der Waals surface area contributed by atoms with Crippen molar-refractivity contribution in [2.45, 2.75) is 29.5 Å². The van der Waals surface area contributed by atoms with Crippen LogP contribution >= 0.6 is 34.8 Å². The summed E-state index contributed by atoms with van der Waals surface area (Å²) in [7, 11) is 0. The van der Waals surface area contributed by atoms with Gasteiger partial charge in [-0.25, -0.2) is 0 Å². The lowest BCUT2D eigenvalue weighted by Crippen LogP contribution is -2.22. The van der Waals surface area contributed by atoms with Gasteiger partial charge in [-0.2, -0.15) is 0 Å². The Kier molecular flexibility index (Phi) is 4.52. The minimum absolute atomic E-state index is 0.0107. The van der Waals surface area contributed by atoms with E-state index in [-0.39, 0.29) is 12.8 Å². The van der Waals surface area contributed by atoms with Gasteiger partial charge in [0.15, 0.2) is 0 Å². The molecule has 0 saturated carbocycles. The second-order valence-corrected chi connectivity index (χ2v) is 4.65. The minimum atomic E-state index is -1.06. The Morgan fingerprint density at radius 3 is 2.36 bits per heavy atom. The lowest BCUT2D eigenvalue weighted by Gasteiger charge is -2.18.